The highest BCUT2D eigenvalue weighted by atomic mass is 28.3. The molecule has 26 heavy (non-hydrogen) atoms. The van der Waals surface area contributed by atoms with Crippen LogP contribution in [0.25, 0.3) is 0 Å². The standard InChI is InChI=1S/C21H44O4Si/c1-3-24-26(25-4-2)18-16-14-12-10-8-6-5-7-9-11-13-15-17-22-19-21-20-23-21/h21,26H,3-20H2,1-2H3. The van der Waals surface area contributed by atoms with Crippen molar-refractivity contribution in [2.45, 2.75) is 103 Å². The first-order chi connectivity index (χ1) is 12.9. The molecular weight excluding hydrogens is 344 g/mol. The van der Waals surface area contributed by atoms with E-state index >= 15 is 0 Å². The molecule has 1 saturated heterocycles. The van der Waals surface area contributed by atoms with Crippen LogP contribution in [0, 0.1) is 0 Å². The average molecular weight is 389 g/mol. The topological polar surface area (TPSA) is 40.2 Å². The zero-order chi connectivity index (χ0) is 18.7. The Balaban J connectivity index is 1.68. The van der Waals surface area contributed by atoms with Gasteiger partial charge in [0.25, 0.3) is 0 Å². The maximum Gasteiger partial charge on any atom is 0.321 e. The Hall–Kier alpha value is 0.0569. The molecule has 1 rings (SSSR count). The van der Waals surface area contributed by atoms with Gasteiger partial charge in [-0.2, -0.15) is 0 Å². The summed E-state index contributed by atoms with van der Waals surface area (Å²) in [6.45, 7) is 8.38. The van der Waals surface area contributed by atoms with Gasteiger partial charge in [0.05, 0.1) is 13.2 Å². The molecule has 0 amide bonds. The molecule has 4 nitrogen and oxygen atoms in total. The minimum atomic E-state index is -1.34. The van der Waals surface area contributed by atoms with Crippen LogP contribution in [0.4, 0.5) is 0 Å². The molecule has 0 aliphatic carbocycles. The zero-order valence-electron chi connectivity index (χ0n) is 17.5. The summed E-state index contributed by atoms with van der Waals surface area (Å²) in [5.41, 5.74) is 0. The van der Waals surface area contributed by atoms with E-state index in [1.165, 1.54) is 83.1 Å². The van der Waals surface area contributed by atoms with Crippen molar-refractivity contribution in [2.75, 3.05) is 33.0 Å². The molecule has 0 radical (unpaired) electrons. The highest BCUT2D eigenvalue weighted by Gasteiger charge is 2.21. The van der Waals surface area contributed by atoms with Gasteiger partial charge in [-0.05, 0) is 26.3 Å². The van der Waals surface area contributed by atoms with Gasteiger partial charge in [0.15, 0.2) is 0 Å². The predicted octanol–water partition coefficient (Wildman–Crippen LogP) is 5.38. The van der Waals surface area contributed by atoms with Crippen molar-refractivity contribution in [2.24, 2.45) is 0 Å². The molecule has 0 saturated carbocycles. The SMILES string of the molecule is CCO[SiH](CCCCCCCCCCCCCCOCC1CO1)OCC. The fraction of sp³-hybridized carbons (Fsp3) is 1.00. The second-order valence-corrected chi connectivity index (χ2v) is 9.50. The smallest absolute Gasteiger partial charge is 0.321 e. The van der Waals surface area contributed by atoms with Crippen LogP contribution >= 0.6 is 0 Å². The largest absolute Gasteiger partial charge is 0.397 e. The van der Waals surface area contributed by atoms with Crippen LogP contribution < -0.4 is 0 Å². The van der Waals surface area contributed by atoms with Crippen molar-refractivity contribution in [1.29, 1.82) is 0 Å². The summed E-state index contributed by atoms with van der Waals surface area (Å²) in [6.07, 6.45) is 16.8. The van der Waals surface area contributed by atoms with Crippen LogP contribution in [-0.2, 0) is 18.3 Å². The Kier molecular flexibility index (Phi) is 17.1. The lowest BCUT2D eigenvalue weighted by Crippen LogP contribution is -2.22. The van der Waals surface area contributed by atoms with Gasteiger partial charge >= 0.3 is 9.28 Å². The second kappa shape index (κ2) is 18.4. The van der Waals surface area contributed by atoms with Crippen LogP contribution in [0.2, 0.25) is 6.04 Å². The third kappa shape index (κ3) is 16.2. The zero-order valence-corrected chi connectivity index (χ0v) is 18.7. The molecule has 0 spiro atoms. The molecule has 0 bridgehead atoms. The van der Waals surface area contributed by atoms with Gasteiger partial charge in [0.1, 0.15) is 6.10 Å². The number of epoxide rings is 1. The summed E-state index contributed by atoms with van der Waals surface area (Å²) in [5, 5.41) is 0. The Morgan fingerprint density at radius 1 is 0.731 bits per heavy atom. The fourth-order valence-corrected chi connectivity index (χ4v) is 5.04. The van der Waals surface area contributed by atoms with E-state index in [2.05, 4.69) is 13.8 Å². The van der Waals surface area contributed by atoms with Crippen molar-refractivity contribution in [3.05, 3.63) is 0 Å². The van der Waals surface area contributed by atoms with E-state index in [1.54, 1.807) is 0 Å². The number of ether oxygens (including phenoxy) is 2. The summed E-state index contributed by atoms with van der Waals surface area (Å²) < 4.78 is 22.1. The molecule has 1 atom stereocenters. The molecule has 0 aromatic carbocycles. The summed E-state index contributed by atoms with van der Waals surface area (Å²) in [7, 11) is -1.34. The highest BCUT2D eigenvalue weighted by molar-refractivity contribution is 6.44. The number of rotatable bonds is 21. The lowest BCUT2D eigenvalue weighted by Gasteiger charge is -2.14. The molecule has 0 aromatic rings. The maximum absolute atomic E-state index is 5.72. The first-order valence-corrected chi connectivity index (χ1v) is 13.0. The first-order valence-electron chi connectivity index (χ1n) is 11.3. The maximum atomic E-state index is 5.72. The Labute approximate surface area is 164 Å². The van der Waals surface area contributed by atoms with Crippen molar-refractivity contribution >= 4 is 9.28 Å². The molecule has 1 heterocycles. The number of unbranched alkanes of at least 4 members (excludes halogenated alkanes) is 11. The Morgan fingerprint density at radius 2 is 1.19 bits per heavy atom. The average Bonchev–Trinajstić information content (AvgIpc) is 3.46. The molecule has 1 fully saturated rings. The monoisotopic (exact) mass is 388 g/mol. The summed E-state index contributed by atoms with van der Waals surface area (Å²) in [5.74, 6) is 0. The molecule has 0 aromatic heterocycles. The van der Waals surface area contributed by atoms with Crippen molar-refractivity contribution in [3.8, 4) is 0 Å². The molecular formula is C21H44O4Si. The van der Waals surface area contributed by atoms with Gasteiger partial charge in [-0.25, -0.2) is 0 Å². The normalized spacial score (nSPS) is 16.5. The third-order valence-electron chi connectivity index (χ3n) is 4.89. The quantitative estimate of drug-likeness (QED) is 0.150. The van der Waals surface area contributed by atoms with Crippen molar-refractivity contribution < 1.29 is 18.3 Å². The van der Waals surface area contributed by atoms with Crippen molar-refractivity contribution in [3.63, 3.8) is 0 Å². The van der Waals surface area contributed by atoms with Gasteiger partial charge in [0, 0.05) is 19.8 Å². The Morgan fingerprint density at radius 3 is 1.65 bits per heavy atom. The summed E-state index contributed by atoms with van der Waals surface area (Å²) >= 11 is 0. The summed E-state index contributed by atoms with van der Waals surface area (Å²) in [4.78, 5) is 0. The second-order valence-electron chi connectivity index (χ2n) is 7.40. The fourth-order valence-electron chi connectivity index (χ4n) is 3.25. The van der Waals surface area contributed by atoms with Crippen LogP contribution in [0.15, 0.2) is 0 Å². The van der Waals surface area contributed by atoms with E-state index in [9.17, 15) is 0 Å². The van der Waals surface area contributed by atoms with Gasteiger partial charge in [-0.1, -0.05) is 70.6 Å². The van der Waals surface area contributed by atoms with Crippen molar-refractivity contribution in [1.82, 2.24) is 0 Å². The van der Waals surface area contributed by atoms with Gasteiger partial charge < -0.3 is 18.3 Å². The Bertz CT molecular complexity index is 281. The van der Waals surface area contributed by atoms with E-state index in [0.29, 0.717) is 6.10 Å². The van der Waals surface area contributed by atoms with Crippen LogP contribution in [0.5, 0.6) is 0 Å². The van der Waals surface area contributed by atoms with Gasteiger partial charge in [0.2, 0.25) is 0 Å². The number of hydrogen-bond donors (Lipinski definition) is 0. The number of hydrogen-bond acceptors (Lipinski definition) is 4. The van der Waals surface area contributed by atoms with Gasteiger partial charge in [-0.3, -0.25) is 0 Å². The lowest BCUT2D eigenvalue weighted by atomic mass is 10.1. The molecule has 1 aliphatic rings. The predicted molar refractivity (Wildman–Crippen MR) is 111 cm³/mol. The lowest BCUT2D eigenvalue weighted by molar-refractivity contribution is 0.113. The molecule has 1 unspecified atom stereocenters. The molecule has 0 N–H and O–H groups in total. The molecule has 1 aliphatic heterocycles. The third-order valence-corrected chi connectivity index (χ3v) is 7.18. The minimum Gasteiger partial charge on any atom is -0.397 e. The first kappa shape index (κ1) is 24.1. The van der Waals surface area contributed by atoms with E-state index in [1.807, 2.05) is 0 Å². The van der Waals surface area contributed by atoms with Crippen LogP contribution in [0.1, 0.15) is 90.9 Å². The van der Waals surface area contributed by atoms with E-state index < -0.39 is 9.28 Å². The highest BCUT2D eigenvalue weighted by Crippen LogP contribution is 2.14. The summed E-state index contributed by atoms with van der Waals surface area (Å²) in [6, 6.07) is 1.18. The minimum absolute atomic E-state index is 0.416. The van der Waals surface area contributed by atoms with Crippen LogP contribution in [-0.4, -0.2) is 48.4 Å². The van der Waals surface area contributed by atoms with E-state index in [4.69, 9.17) is 18.3 Å². The molecule has 5 heteroatoms. The molecule has 156 valence electrons. The van der Waals surface area contributed by atoms with E-state index in [0.717, 1.165) is 33.0 Å². The van der Waals surface area contributed by atoms with E-state index in [-0.39, 0.29) is 0 Å². The van der Waals surface area contributed by atoms with Gasteiger partial charge in [-0.15, -0.1) is 0 Å². The van der Waals surface area contributed by atoms with Crippen LogP contribution in [0.3, 0.4) is 0 Å².